The van der Waals surface area contributed by atoms with Crippen LogP contribution in [0.15, 0.2) is 161 Å². The molecule has 0 bridgehead atoms. The van der Waals surface area contributed by atoms with Crippen LogP contribution in [-0.4, -0.2) is 233 Å². The highest BCUT2D eigenvalue weighted by Gasteiger charge is 2.58. The van der Waals surface area contributed by atoms with E-state index in [1.54, 1.807) is 49.5 Å². The van der Waals surface area contributed by atoms with E-state index in [1.165, 1.54) is 30.3 Å². The van der Waals surface area contributed by atoms with Gasteiger partial charge in [-0.25, -0.2) is 34.2 Å². The lowest BCUT2D eigenvalue weighted by molar-refractivity contribution is -0.126. The third-order valence-corrected chi connectivity index (χ3v) is 45.5. The number of aromatic nitrogens is 5. The first kappa shape index (κ1) is 114. The molecule has 10 aromatic rings. The maximum atomic E-state index is 13.6. The molecule has 0 unspecified atom stereocenters. The van der Waals surface area contributed by atoms with Gasteiger partial charge in [0.1, 0.15) is 39.4 Å². The van der Waals surface area contributed by atoms with Crippen molar-refractivity contribution < 1.29 is 85.3 Å². The van der Waals surface area contributed by atoms with Gasteiger partial charge in [0.25, 0.3) is 29.1 Å². The number of imide groups is 1. The first-order valence-corrected chi connectivity index (χ1v) is 61.8. The van der Waals surface area contributed by atoms with Gasteiger partial charge in [0.15, 0.2) is 41.8 Å². The summed E-state index contributed by atoms with van der Waals surface area (Å²) in [5, 5.41) is 36.3. The number of nitrogens with one attached hydrogen (secondary N) is 2. The van der Waals surface area contributed by atoms with Crippen LogP contribution in [0, 0.1) is 62.2 Å². The van der Waals surface area contributed by atoms with Crippen LogP contribution in [-0.2, 0) is 37.1 Å². The molecule has 4 saturated carbocycles. The number of rotatable bonds is 20. The van der Waals surface area contributed by atoms with Crippen LogP contribution >= 0.6 is 45.6 Å². The van der Waals surface area contributed by atoms with Crippen molar-refractivity contribution in [3.8, 4) is 31.3 Å². The molecule has 4 saturated heterocycles. The minimum atomic E-state index is -1.93. The first-order valence-electron chi connectivity index (χ1n) is 50.2. The smallest absolute Gasteiger partial charge is 0.417 e. The standard InChI is InChI=1S/C24H22N4O2S.C17H18N2O2S.C17H33NO3Si.C16H29NO4Si.C12H24O2Si.C11H9NO2S.C7H4ClNO.C5H9NO2/c1-14-26-21(22(31-14)15-7-3-2-4-8-15)23(29)28-13-16-11-17(16)19(28)12-25-24-27-18-9-5-6-10-20(18)30-24;1-10-18-15(16(22-10)11-5-3-2-4-6-11)17(21)19-8-12-7-13(12)14(19)9-20;1-16(2,3)21-15(19)18-10-12-9-13(12)14(18)11-20-22(7,8)17(4,5)6;1-15(2,3)21-14(19)17-12(9-10-13(17)18)11-20-22(7,8)16(4,5)6;1-12(2,3)15(4,5)14-9-10-6-7-11(13)8-10;1-7-12-9(11(13)14)10(15-7)8-5-3-2-4-6-8;8-7-9-5-3-1-2-4-6(5)10-7;7-3-4-1-2-5(8)6-4/h2-10,16-17,19H,11-13H2,1H3,(H,25,27);2-6,12-14,20H,7-9H2,1H3;12-14H,9-11H2,1-8H3;9-10,12H,11H2,1-8H3;10H,6-9H2,1-5H3;2-6H,1H3,(H,13,14);1-4H;4,7H,1-3H2,(H,6,8)/t16-,17-,19+;2*12-,13-,14+;12-;10-;;;4-/m00001..0/s1. The highest BCUT2D eigenvalue weighted by molar-refractivity contribution is 7.16. The summed E-state index contributed by atoms with van der Waals surface area (Å²) in [6.45, 7) is 55.0. The lowest BCUT2D eigenvalue weighted by atomic mass is 10.1. The fourth-order valence-electron chi connectivity index (χ4n) is 17.3. The van der Waals surface area contributed by atoms with Gasteiger partial charge in [0.2, 0.25) is 5.91 Å². The molecule has 5 aliphatic heterocycles. The molecule has 0 radical (unpaired) electrons. The van der Waals surface area contributed by atoms with Crippen molar-refractivity contribution in [2.24, 2.45) is 41.4 Å². The normalized spacial score (nSPS) is 21.7. The Morgan fingerprint density at radius 2 is 0.903 bits per heavy atom. The van der Waals surface area contributed by atoms with E-state index in [1.807, 2.05) is 196 Å². The number of hydrogen-bond acceptors (Lipinski definition) is 26. The molecule has 5 aromatic carbocycles. The number of anilines is 1. The lowest BCUT2D eigenvalue weighted by Gasteiger charge is -2.38. The van der Waals surface area contributed by atoms with Gasteiger partial charge in [-0.2, -0.15) is 9.97 Å². The predicted octanol–water partition coefficient (Wildman–Crippen LogP) is 23.3. The third-order valence-electron chi connectivity index (χ3n) is 28.8. The van der Waals surface area contributed by atoms with E-state index < -0.39 is 54.3 Å². The minimum absolute atomic E-state index is 0.0249. The zero-order chi connectivity index (χ0) is 106. The molecule has 29 nitrogen and oxygen atoms in total. The number of hydrogen-bond donors (Lipinski definition) is 5. The Morgan fingerprint density at radius 3 is 1.32 bits per heavy atom. The molecule has 145 heavy (non-hydrogen) atoms. The quantitative estimate of drug-likeness (QED) is 0.0442. The number of ether oxygens (including phenoxy) is 2. The Bertz CT molecular complexity index is 6090. The summed E-state index contributed by atoms with van der Waals surface area (Å²) in [5.41, 5.74) is 6.28. The second-order valence-electron chi connectivity index (χ2n) is 45.3. The molecule has 5 aromatic heterocycles. The fourth-order valence-corrected chi connectivity index (χ4v) is 23.4. The highest BCUT2D eigenvalue weighted by Crippen LogP contribution is 2.54. The second kappa shape index (κ2) is 47.6. The number of carboxylic acid groups (broad SMARTS) is 1. The number of ketones is 1. The monoisotopic (exact) mass is 2110 g/mol. The Morgan fingerprint density at radius 1 is 0.490 bits per heavy atom. The molecular formula is C109H148ClN11O18S3Si3. The van der Waals surface area contributed by atoms with E-state index >= 15 is 0 Å². The summed E-state index contributed by atoms with van der Waals surface area (Å²) < 4.78 is 40.3. The van der Waals surface area contributed by atoms with Gasteiger partial charge in [-0.1, -0.05) is 184 Å². The van der Waals surface area contributed by atoms with Crippen LogP contribution in [0.3, 0.4) is 0 Å². The van der Waals surface area contributed by atoms with Crippen molar-refractivity contribution in [1.29, 1.82) is 0 Å². The number of nitrogens with zero attached hydrogens (tertiary/aromatic N) is 9. The average Bonchev–Trinajstić information content (AvgIpc) is 1.59. The zero-order valence-corrected chi connectivity index (χ0v) is 94.7. The predicted molar refractivity (Wildman–Crippen MR) is 580 cm³/mol. The van der Waals surface area contributed by atoms with Crippen molar-refractivity contribution in [2.75, 3.05) is 64.5 Å². The second-order valence-corrected chi connectivity index (χ2v) is 63.7. The van der Waals surface area contributed by atoms with E-state index in [0.29, 0.717) is 90.8 Å². The number of amides is 6. The van der Waals surface area contributed by atoms with Gasteiger partial charge in [-0.05, 0) is 243 Å². The van der Waals surface area contributed by atoms with Gasteiger partial charge >= 0.3 is 18.2 Å². The minimum Gasteiger partial charge on any atom is -0.476 e. The number of aromatic carboxylic acids is 1. The number of aryl methyl sites for hydroxylation is 3. The Hall–Kier alpha value is -10.0. The topological polar surface area (TPSA) is 371 Å². The number of fused-ring (bicyclic) bond motifs is 5. The van der Waals surface area contributed by atoms with E-state index in [9.17, 15) is 43.5 Å². The van der Waals surface area contributed by atoms with Crippen molar-refractivity contribution in [2.45, 2.75) is 272 Å². The number of Topliss-reactive ketones (excluding diaryl/α,β-unsaturated/α-hetero) is 1. The molecule has 6 amide bonds. The van der Waals surface area contributed by atoms with Gasteiger partial charge in [0, 0.05) is 58.1 Å². The molecule has 8 fully saturated rings. The fraction of sp³-hybridized carbons (Fsp3) is 0.532. The Kier molecular flexibility index (Phi) is 37.4. The van der Waals surface area contributed by atoms with E-state index in [-0.39, 0.29) is 93.3 Å². The number of para-hydroxylation sites is 4. The SMILES string of the molecule is CC(C)(C)OC(=O)N1C(=O)C=C[C@H]1CO[Si](C)(C)C(C)(C)C.CC(C)(C)OC(=O)N1C[C@@H]2C[C@@H]2[C@H]1CO[Si](C)(C)C(C)(C)C.CC(C)(C)[Si](C)(C)OC[C@@H]1CCC(=O)C1.Cc1nc(C(=O)N2C[C@@H]3C[C@@H]3[C@H]2CNc2nc3ccccc3o2)c(-c2ccccc2)s1.Cc1nc(C(=O)N2C[C@@H]3C[C@@H]3[C@H]2CO)c(-c2ccccc2)s1.Cc1nc(C(=O)O)c(-c2ccccc2)s1.Clc1nc2ccccc2o1.O=C1CC[C@@H](CO)N1. The molecule has 784 valence electrons. The van der Waals surface area contributed by atoms with Crippen molar-refractivity contribution in [3.63, 3.8) is 0 Å². The average molecular weight is 2120 g/mol. The molecular weight excluding hydrogens is 1970 g/mol. The third kappa shape index (κ3) is 30.4. The number of halogens is 1. The summed E-state index contributed by atoms with van der Waals surface area (Å²) in [6, 6.07) is 45.0. The summed E-state index contributed by atoms with van der Waals surface area (Å²) in [5.74, 6) is 3.15. The number of likely N-dealkylation sites (tertiary alicyclic amines) is 3. The molecule has 0 spiro atoms. The summed E-state index contributed by atoms with van der Waals surface area (Å²) in [6.07, 6.45) is 9.80. The van der Waals surface area contributed by atoms with Crippen LogP contribution in [0.2, 0.25) is 59.7 Å². The summed E-state index contributed by atoms with van der Waals surface area (Å²) in [7, 11) is -5.31. The molecule has 19 rings (SSSR count). The van der Waals surface area contributed by atoms with Crippen molar-refractivity contribution in [1.82, 2.24) is 49.8 Å². The number of carboxylic acids is 1. The first-order chi connectivity index (χ1) is 68.0. The van der Waals surface area contributed by atoms with Crippen LogP contribution in [0.4, 0.5) is 15.6 Å². The van der Waals surface area contributed by atoms with Crippen molar-refractivity contribution in [3.05, 3.63) is 189 Å². The molecule has 12 atom stereocenters. The van der Waals surface area contributed by atoms with E-state index in [2.05, 4.69) is 137 Å². The maximum Gasteiger partial charge on any atom is 0.417 e. The maximum absolute atomic E-state index is 13.6. The molecule has 9 aliphatic rings. The Labute approximate surface area is 873 Å². The molecule has 36 heteroatoms. The molecule has 5 N–H and O–H groups in total. The number of benzene rings is 5. The van der Waals surface area contributed by atoms with Crippen LogP contribution in [0.1, 0.15) is 202 Å². The lowest BCUT2D eigenvalue weighted by Crippen LogP contribution is -2.48. The highest BCUT2D eigenvalue weighted by atomic mass is 35.5. The van der Waals surface area contributed by atoms with Gasteiger partial charge in [0.05, 0.1) is 86.3 Å². The van der Waals surface area contributed by atoms with Gasteiger partial charge < -0.3 is 72.2 Å². The van der Waals surface area contributed by atoms with Crippen LogP contribution in [0.5, 0.6) is 0 Å². The summed E-state index contributed by atoms with van der Waals surface area (Å²) in [4.78, 5) is 127. The molecule has 4 aliphatic carbocycles. The van der Waals surface area contributed by atoms with E-state index in [4.69, 9.17) is 53.4 Å². The number of aliphatic hydroxyl groups is 2. The number of aliphatic hydroxyl groups excluding tert-OH is 2. The van der Waals surface area contributed by atoms with Crippen LogP contribution < -0.4 is 10.6 Å². The van der Waals surface area contributed by atoms with Gasteiger partial charge in [-0.3, -0.25) is 24.0 Å². The van der Waals surface area contributed by atoms with E-state index in [0.717, 1.165) is 132 Å². The number of carbonyl (C=O) groups is 8. The number of thiazole rings is 3. The number of oxazole rings is 2. The Balaban J connectivity index is 0.000000152. The van der Waals surface area contributed by atoms with Crippen molar-refractivity contribution >= 4 is 146 Å². The summed E-state index contributed by atoms with van der Waals surface area (Å²) >= 11 is 10.0. The molecule has 10 heterocycles. The van der Waals surface area contributed by atoms with Gasteiger partial charge in [-0.15, -0.1) is 34.0 Å². The largest absolute Gasteiger partial charge is 0.476 e. The number of carbonyl (C=O) groups excluding carboxylic acids is 7. The zero-order valence-electron chi connectivity index (χ0n) is 88.5. The van der Waals surface area contributed by atoms with Crippen LogP contribution in [0.25, 0.3) is 53.5 Å². The number of piperidine rings is 3.